The molecule has 0 saturated heterocycles. The number of carbonyl (C=O) groups is 2. The number of methoxy groups -OCH3 is 1. The van der Waals surface area contributed by atoms with Crippen LogP contribution >= 0.6 is 0 Å². The van der Waals surface area contributed by atoms with Crippen molar-refractivity contribution in [2.45, 2.75) is 13.0 Å². The van der Waals surface area contributed by atoms with E-state index in [0.29, 0.717) is 11.3 Å². The lowest BCUT2D eigenvalue weighted by Gasteiger charge is -2.17. The van der Waals surface area contributed by atoms with Crippen molar-refractivity contribution in [3.05, 3.63) is 63.6 Å². The van der Waals surface area contributed by atoms with Crippen molar-refractivity contribution in [3.63, 3.8) is 0 Å². The number of aromatic hydroxyl groups is 1. The van der Waals surface area contributed by atoms with Gasteiger partial charge < -0.3 is 20.1 Å². The van der Waals surface area contributed by atoms with Crippen LogP contribution in [0, 0.1) is 6.92 Å². The number of aryl methyl sites for hydroxylation is 1. The van der Waals surface area contributed by atoms with Crippen LogP contribution in [0.2, 0.25) is 0 Å². The number of hydrogen-bond donors (Lipinski definition) is 3. The number of rotatable bonds is 4. The number of esters is 1. The number of H-pyrrole nitrogens is 1. The summed E-state index contributed by atoms with van der Waals surface area (Å²) in [5.74, 6) is -1.36. The summed E-state index contributed by atoms with van der Waals surface area (Å²) in [5, 5.41) is 11.8. The molecule has 0 bridgehead atoms. The maximum Gasteiger partial charge on any atom is 0.333 e. The van der Waals surface area contributed by atoms with E-state index >= 15 is 0 Å². The lowest BCUT2D eigenvalue weighted by molar-refractivity contribution is -0.143. The average Bonchev–Trinajstić information content (AvgIpc) is 2.52. The number of carbonyl (C=O) groups excluding carboxylic acids is 2. The summed E-state index contributed by atoms with van der Waals surface area (Å²) in [6.07, 6.45) is 1.29. The Balaban J connectivity index is 2.30. The number of benzene rings is 1. The third-order valence-corrected chi connectivity index (χ3v) is 3.24. The Morgan fingerprint density at radius 3 is 2.48 bits per heavy atom. The molecule has 1 aromatic carbocycles. The second-order valence-corrected chi connectivity index (χ2v) is 4.92. The first-order chi connectivity index (χ1) is 10.9. The fourth-order valence-electron chi connectivity index (χ4n) is 2.02. The van der Waals surface area contributed by atoms with Crippen molar-refractivity contribution in [2.75, 3.05) is 7.11 Å². The molecule has 7 heteroatoms. The monoisotopic (exact) mass is 316 g/mol. The Hall–Kier alpha value is -3.09. The van der Waals surface area contributed by atoms with Crippen LogP contribution in [0.3, 0.4) is 0 Å². The summed E-state index contributed by atoms with van der Waals surface area (Å²) in [6.45, 7) is 1.69. The van der Waals surface area contributed by atoms with E-state index in [2.05, 4.69) is 15.0 Å². The SMILES string of the molecule is COC(=O)[C@H](NC(=O)c1c[nH]c(C)cc1=O)c1ccc(O)cc1. The highest BCUT2D eigenvalue weighted by molar-refractivity contribution is 5.96. The highest BCUT2D eigenvalue weighted by Crippen LogP contribution is 2.18. The van der Waals surface area contributed by atoms with E-state index in [-0.39, 0.29) is 11.3 Å². The molecule has 0 aliphatic rings. The van der Waals surface area contributed by atoms with Crippen molar-refractivity contribution < 1.29 is 19.4 Å². The molecule has 0 aliphatic heterocycles. The van der Waals surface area contributed by atoms with Gasteiger partial charge in [0.15, 0.2) is 11.5 Å². The first-order valence-corrected chi connectivity index (χ1v) is 6.79. The fraction of sp³-hybridized carbons (Fsp3) is 0.188. The van der Waals surface area contributed by atoms with Gasteiger partial charge >= 0.3 is 5.97 Å². The number of nitrogens with one attached hydrogen (secondary N) is 2. The Morgan fingerprint density at radius 1 is 1.26 bits per heavy atom. The smallest absolute Gasteiger partial charge is 0.333 e. The molecule has 0 radical (unpaired) electrons. The minimum absolute atomic E-state index is 0.0265. The first-order valence-electron chi connectivity index (χ1n) is 6.79. The summed E-state index contributed by atoms with van der Waals surface area (Å²) in [7, 11) is 1.20. The third kappa shape index (κ3) is 3.76. The molecular formula is C16H16N2O5. The highest BCUT2D eigenvalue weighted by atomic mass is 16.5. The molecule has 2 aromatic rings. The van der Waals surface area contributed by atoms with Crippen molar-refractivity contribution in [1.82, 2.24) is 10.3 Å². The molecule has 0 unspecified atom stereocenters. The van der Waals surface area contributed by atoms with Crippen LogP contribution in [0.1, 0.15) is 27.7 Å². The van der Waals surface area contributed by atoms with E-state index in [1.807, 2.05) is 0 Å². The molecule has 7 nitrogen and oxygen atoms in total. The van der Waals surface area contributed by atoms with E-state index in [9.17, 15) is 19.5 Å². The summed E-state index contributed by atoms with van der Waals surface area (Å²) in [4.78, 5) is 38.8. The van der Waals surface area contributed by atoms with Gasteiger partial charge in [-0.3, -0.25) is 9.59 Å². The molecule has 1 atom stereocenters. The van der Waals surface area contributed by atoms with Crippen molar-refractivity contribution in [2.24, 2.45) is 0 Å². The lowest BCUT2D eigenvalue weighted by Crippen LogP contribution is -2.36. The van der Waals surface area contributed by atoms with Gasteiger partial charge in [-0.2, -0.15) is 0 Å². The molecule has 0 saturated carbocycles. The normalized spacial score (nSPS) is 11.6. The lowest BCUT2D eigenvalue weighted by atomic mass is 10.1. The molecule has 1 heterocycles. The number of phenols is 1. The van der Waals surface area contributed by atoms with Gasteiger partial charge in [0, 0.05) is 18.0 Å². The number of hydrogen-bond acceptors (Lipinski definition) is 5. The number of phenolic OH excluding ortho intramolecular Hbond substituents is 1. The van der Waals surface area contributed by atoms with Gasteiger partial charge in [-0.05, 0) is 24.6 Å². The quantitative estimate of drug-likeness (QED) is 0.730. The minimum atomic E-state index is -1.09. The Labute approximate surface area is 131 Å². The molecule has 0 spiro atoms. The number of aromatic amines is 1. The van der Waals surface area contributed by atoms with Crippen LogP contribution in [0.4, 0.5) is 0 Å². The summed E-state index contributed by atoms with van der Waals surface area (Å²) >= 11 is 0. The van der Waals surface area contributed by atoms with Crippen LogP contribution < -0.4 is 10.7 Å². The molecular weight excluding hydrogens is 300 g/mol. The zero-order chi connectivity index (χ0) is 17.0. The average molecular weight is 316 g/mol. The second-order valence-electron chi connectivity index (χ2n) is 4.92. The van der Waals surface area contributed by atoms with Gasteiger partial charge in [-0.1, -0.05) is 12.1 Å². The van der Waals surface area contributed by atoms with E-state index in [1.54, 1.807) is 6.92 Å². The van der Waals surface area contributed by atoms with Crippen LogP contribution in [0.25, 0.3) is 0 Å². The Bertz CT molecular complexity index is 780. The summed E-state index contributed by atoms with van der Waals surface area (Å²) < 4.78 is 4.68. The Kier molecular flexibility index (Phi) is 4.80. The minimum Gasteiger partial charge on any atom is -0.508 e. The van der Waals surface area contributed by atoms with Crippen LogP contribution in [-0.2, 0) is 9.53 Å². The molecule has 0 aliphatic carbocycles. The molecule has 23 heavy (non-hydrogen) atoms. The zero-order valence-electron chi connectivity index (χ0n) is 12.6. The van der Waals surface area contributed by atoms with Gasteiger partial charge in [0.1, 0.15) is 11.3 Å². The van der Waals surface area contributed by atoms with Crippen LogP contribution in [0.5, 0.6) is 5.75 Å². The van der Waals surface area contributed by atoms with Gasteiger partial charge in [0.2, 0.25) is 0 Å². The number of aromatic nitrogens is 1. The maximum absolute atomic E-state index is 12.3. The van der Waals surface area contributed by atoms with E-state index < -0.39 is 23.3 Å². The van der Waals surface area contributed by atoms with E-state index in [0.717, 1.165) is 0 Å². The van der Waals surface area contributed by atoms with E-state index in [1.165, 1.54) is 43.6 Å². The fourth-order valence-corrected chi connectivity index (χ4v) is 2.02. The topological polar surface area (TPSA) is 108 Å². The van der Waals surface area contributed by atoms with Gasteiger partial charge in [0.25, 0.3) is 5.91 Å². The standard InChI is InChI=1S/C16H16N2O5/c1-9-7-13(20)12(8-17-9)15(21)18-14(16(22)23-2)10-3-5-11(19)6-4-10/h3-8,14,19H,1-2H3,(H,17,20)(H,18,21)/t14-/m1/s1. The number of pyridine rings is 1. The molecule has 1 aromatic heterocycles. The van der Waals surface area contributed by atoms with Crippen molar-refractivity contribution in [1.29, 1.82) is 0 Å². The van der Waals surface area contributed by atoms with E-state index in [4.69, 9.17) is 0 Å². The predicted molar refractivity (Wildman–Crippen MR) is 82.1 cm³/mol. The molecule has 0 fully saturated rings. The number of amides is 1. The predicted octanol–water partition coefficient (Wildman–Crippen LogP) is 1.03. The van der Waals surface area contributed by atoms with Crippen LogP contribution in [0.15, 0.2) is 41.3 Å². The van der Waals surface area contributed by atoms with Gasteiger partial charge in [-0.25, -0.2) is 4.79 Å². The van der Waals surface area contributed by atoms with Crippen LogP contribution in [-0.4, -0.2) is 29.1 Å². The molecule has 1 amide bonds. The zero-order valence-corrected chi connectivity index (χ0v) is 12.6. The van der Waals surface area contributed by atoms with Crippen molar-refractivity contribution in [3.8, 4) is 5.75 Å². The summed E-state index contributed by atoms with van der Waals surface area (Å²) in [6, 6.07) is 5.94. The first kappa shape index (κ1) is 16.3. The number of ether oxygens (including phenoxy) is 1. The molecule has 2 rings (SSSR count). The summed E-state index contributed by atoms with van der Waals surface area (Å²) in [5.41, 5.74) is 0.484. The second kappa shape index (κ2) is 6.78. The highest BCUT2D eigenvalue weighted by Gasteiger charge is 2.25. The largest absolute Gasteiger partial charge is 0.508 e. The molecule has 120 valence electrons. The van der Waals surface area contributed by atoms with Crippen molar-refractivity contribution >= 4 is 11.9 Å². The maximum atomic E-state index is 12.3. The third-order valence-electron chi connectivity index (χ3n) is 3.24. The van der Waals surface area contributed by atoms with Gasteiger partial charge in [0.05, 0.1) is 7.11 Å². The Morgan fingerprint density at radius 2 is 1.91 bits per heavy atom. The molecule has 3 N–H and O–H groups in total. The van der Waals surface area contributed by atoms with Gasteiger partial charge in [-0.15, -0.1) is 0 Å².